The molecule has 0 unspecified atom stereocenters. The van der Waals surface area contributed by atoms with E-state index < -0.39 is 0 Å². The van der Waals surface area contributed by atoms with Crippen molar-refractivity contribution in [1.82, 2.24) is 4.90 Å². The first-order valence-corrected chi connectivity index (χ1v) is 8.41. The lowest BCUT2D eigenvalue weighted by atomic mass is 10.1. The molecule has 1 fully saturated rings. The van der Waals surface area contributed by atoms with Gasteiger partial charge in [0.1, 0.15) is 11.0 Å². The van der Waals surface area contributed by atoms with Crippen LogP contribution in [0.1, 0.15) is 11.1 Å². The Balaban J connectivity index is 2.06. The Morgan fingerprint density at radius 2 is 2.13 bits per heavy atom. The lowest BCUT2D eigenvalue weighted by molar-refractivity contribution is -0.140. The molecular formula is C17H21NO4S. The molecule has 1 aliphatic rings. The van der Waals surface area contributed by atoms with Gasteiger partial charge in [0.05, 0.1) is 14.2 Å². The fourth-order valence-electron chi connectivity index (χ4n) is 2.37. The molecule has 1 aliphatic heterocycles. The summed E-state index contributed by atoms with van der Waals surface area (Å²) in [4.78, 5) is 25.6. The number of hydrogen-bond donors (Lipinski definition) is 0. The Labute approximate surface area is 140 Å². The van der Waals surface area contributed by atoms with Gasteiger partial charge in [-0.25, -0.2) is 0 Å². The van der Waals surface area contributed by atoms with Crippen molar-refractivity contribution >= 4 is 29.7 Å². The molecule has 1 saturated heterocycles. The summed E-state index contributed by atoms with van der Waals surface area (Å²) in [5, 5.41) is -0.306. The van der Waals surface area contributed by atoms with E-state index in [9.17, 15) is 9.59 Å². The van der Waals surface area contributed by atoms with Gasteiger partial charge in [0, 0.05) is 30.5 Å². The van der Waals surface area contributed by atoms with Crippen LogP contribution in [0.5, 0.6) is 5.75 Å². The van der Waals surface area contributed by atoms with E-state index in [1.807, 2.05) is 25.1 Å². The van der Waals surface area contributed by atoms with Gasteiger partial charge < -0.3 is 14.4 Å². The standard InChI is InChI=1S/C17H21NO4S/c1-12-4-6-14(21-2)13(10-12)5-7-16(19)18-8-9-23-15(11-18)17(20)22-3/h4-7,10,15H,8-9,11H2,1-3H3/b7-5+/t15-/m0/s1. The minimum Gasteiger partial charge on any atom is -0.496 e. The molecule has 0 aromatic heterocycles. The van der Waals surface area contributed by atoms with E-state index in [-0.39, 0.29) is 17.1 Å². The van der Waals surface area contributed by atoms with Crippen LogP contribution < -0.4 is 4.74 Å². The number of nitrogens with zero attached hydrogens (tertiary/aromatic N) is 1. The second kappa shape index (κ2) is 8.06. The highest BCUT2D eigenvalue weighted by atomic mass is 32.2. The third kappa shape index (κ3) is 4.51. The van der Waals surface area contributed by atoms with E-state index in [0.29, 0.717) is 13.1 Å². The molecule has 1 aromatic rings. The Morgan fingerprint density at radius 1 is 1.35 bits per heavy atom. The van der Waals surface area contributed by atoms with Crippen LogP contribution in [0, 0.1) is 6.92 Å². The summed E-state index contributed by atoms with van der Waals surface area (Å²) in [6.07, 6.45) is 3.28. The van der Waals surface area contributed by atoms with Crippen LogP contribution in [-0.4, -0.2) is 55.1 Å². The van der Waals surface area contributed by atoms with Crippen LogP contribution in [0.3, 0.4) is 0 Å². The van der Waals surface area contributed by atoms with Crippen molar-refractivity contribution in [3.05, 3.63) is 35.4 Å². The van der Waals surface area contributed by atoms with Gasteiger partial charge in [0.25, 0.3) is 0 Å². The number of carbonyl (C=O) groups excluding carboxylic acids is 2. The van der Waals surface area contributed by atoms with Crippen LogP contribution in [0.2, 0.25) is 0 Å². The molecule has 0 aliphatic carbocycles. The fourth-order valence-corrected chi connectivity index (χ4v) is 3.50. The van der Waals surface area contributed by atoms with Crippen molar-refractivity contribution in [2.45, 2.75) is 12.2 Å². The van der Waals surface area contributed by atoms with Gasteiger partial charge in [-0.3, -0.25) is 9.59 Å². The molecule has 5 nitrogen and oxygen atoms in total. The number of methoxy groups -OCH3 is 2. The zero-order valence-corrected chi connectivity index (χ0v) is 14.4. The molecule has 1 heterocycles. The molecule has 1 atom stereocenters. The van der Waals surface area contributed by atoms with Gasteiger partial charge in [-0.2, -0.15) is 0 Å². The molecule has 2 rings (SSSR count). The zero-order valence-electron chi connectivity index (χ0n) is 13.6. The summed E-state index contributed by atoms with van der Waals surface area (Å²) in [5.41, 5.74) is 1.95. The number of hydrogen-bond acceptors (Lipinski definition) is 5. The van der Waals surface area contributed by atoms with Crippen LogP contribution in [0.25, 0.3) is 6.08 Å². The first kappa shape index (κ1) is 17.4. The van der Waals surface area contributed by atoms with Gasteiger partial charge in [-0.1, -0.05) is 11.6 Å². The molecule has 23 heavy (non-hydrogen) atoms. The molecule has 0 bridgehead atoms. The Hall–Kier alpha value is -1.95. The average molecular weight is 335 g/mol. The van der Waals surface area contributed by atoms with Crippen molar-refractivity contribution in [1.29, 1.82) is 0 Å². The Bertz CT molecular complexity index is 615. The summed E-state index contributed by atoms with van der Waals surface area (Å²) in [5.74, 6) is 1.06. The van der Waals surface area contributed by atoms with Crippen molar-refractivity contribution in [2.24, 2.45) is 0 Å². The maximum atomic E-state index is 12.3. The number of thioether (sulfide) groups is 1. The lowest BCUT2D eigenvalue weighted by Gasteiger charge is -2.30. The van der Waals surface area contributed by atoms with Crippen LogP contribution >= 0.6 is 11.8 Å². The number of ether oxygens (including phenoxy) is 2. The molecule has 1 aromatic carbocycles. The summed E-state index contributed by atoms with van der Waals surface area (Å²) in [6.45, 7) is 3.00. The van der Waals surface area contributed by atoms with Crippen LogP contribution in [-0.2, 0) is 14.3 Å². The van der Waals surface area contributed by atoms with E-state index >= 15 is 0 Å². The maximum Gasteiger partial charge on any atom is 0.320 e. The number of esters is 1. The number of carbonyl (C=O) groups is 2. The zero-order chi connectivity index (χ0) is 16.8. The van der Waals surface area contributed by atoms with E-state index in [4.69, 9.17) is 9.47 Å². The fraction of sp³-hybridized carbons (Fsp3) is 0.412. The second-order valence-electron chi connectivity index (χ2n) is 5.25. The first-order valence-electron chi connectivity index (χ1n) is 7.36. The largest absolute Gasteiger partial charge is 0.496 e. The summed E-state index contributed by atoms with van der Waals surface area (Å²) >= 11 is 1.53. The van der Waals surface area contributed by atoms with Gasteiger partial charge in [-0.15, -0.1) is 11.8 Å². The first-order chi connectivity index (χ1) is 11.0. The number of benzene rings is 1. The van der Waals surface area contributed by atoms with Crippen LogP contribution in [0.15, 0.2) is 24.3 Å². The molecular weight excluding hydrogens is 314 g/mol. The van der Waals surface area contributed by atoms with E-state index in [2.05, 4.69) is 0 Å². The quantitative estimate of drug-likeness (QED) is 0.623. The number of amides is 1. The van der Waals surface area contributed by atoms with Crippen molar-refractivity contribution in [2.75, 3.05) is 33.1 Å². The molecule has 0 N–H and O–H groups in total. The second-order valence-corrected chi connectivity index (χ2v) is 6.56. The highest BCUT2D eigenvalue weighted by Gasteiger charge is 2.28. The smallest absolute Gasteiger partial charge is 0.320 e. The van der Waals surface area contributed by atoms with E-state index in [1.165, 1.54) is 24.9 Å². The van der Waals surface area contributed by atoms with E-state index in [0.717, 1.165) is 22.6 Å². The van der Waals surface area contributed by atoms with Gasteiger partial charge in [0.2, 0.25) is 5.91 Å². The lowest BCUT2D eigenvalue weighted by Crippen LogP contribution is -2.44. The van der Waals surface area contributed by atoms with Crippen LogP contribution in [0.4, 0.5) is 0 Å². The third-order valence-electron chi connectivity index (χ3n) is 3.63. The van der Waals surface area contributed by atoms with Gasteiger partial charge in [0.15, 0.2) is 0 Å². The molecule has 1 amide bonds. The molecule has 6 heteroatoms. The summed E-state index contributed by atoms with van der Waals surface area (Å²) in [7, 11) is 2.97. The minimum absolute atomic E-state index is 0.109. The van der Waals surface area contributed by atoms with Crippen molar-refractivity contribution < 1.29 is 19.1 Å². The highest BCUT2D eigenvalue weighted by Crippen LogP contribution is 2.22. The maximum absolute atomic E-state index is 12.3. The molecule has 0 spiro atoms. The molecule has 0 saturated carbocycles. The highest BCUT2D eigenvalue weighted by molar-refractivity contribution is 8.00. The number of aryl methyl sites for hydroxylation is 1. The van der Waals surface area contributed by atoms with E-state index in [1.54, 1.807) is 18.1 Å². The third-order valence-corrected chi connectivity index (χ3v) is 4.80. The molecule has 0 radical (unpaired) electrons. The van der Waals surface area contributed by atoms with Crippen molar-refractivity contribution in [3.63, 3.8) is 0 Å². The minimum atomic E-state index is -0.306. The topological polar surface area (TPSA) is 55.8 Å². The Morgan fingerprint density at radius 3 is 2.83 bits per heavy atom. The predicted octanol–water partition coefficient (Wildman–Crippen LogP) is 2.13. The Kier molecular flexibility index (Phi) is 6.10. The SMILES string of the molecule is COC(=O)[C@@H]1CN(C(=O)/C=C/c2cc(C)ccc2OC)CCS1. The molecule has 124 valence electrons. The number of rotatable bonds is 4. The summed E-state index contributed by atoms with van der Waals surface area (Å²) in [6, 6.07) is 5.80. The van der Waals surface area contributed by atoms with Gasteiger partial charge >= 0.3 is 5.97 Å². The van der Waals surface area contributed by atoms with Crippen molar-refractivity contribution in [3.8, 4) is 5.75 Å². The summed E-state index contributed by atoms with van der Waals surface area (Å²) < 4.78 is 10.1. The predicted molar refractivity (Wildman–Crippen MR) is 91.6 cm³/mol. The van der Waals surface area contributed by atoms with Gasteiger partial charge in [-0.05, 0) is 25.1 Å². The monoisotopic (exact) mass is 335 g/mol. The normalized spacial score (nSPS) is 18.0. The average Bonchev–Trinajstić information content (AvgIpc) is 2.59.